The van der Waals surface area contributed by atoms with Crippen molar-refractivity contribution in [2.24, 2.45) is 0 Å². The number of rotatable bonds is 4. The molecule has 0 atom stereocenters. The summed E-state index contributed by atoms with van der Waals surface area (Å²) in [7, 11) is 0. The van der Waals surface area contributed by atoms with Crippen LogP contribution in [0.4, 0.5) is 9.18 Å². The number of hydrogen-bond donors (Lipinski definition) is 1. The molecule has 0 radical (unpaired) electrons. The number of hydrogen-bond acceptors (Lipinski definition) is 3. The quantitative estimate of drug-likeness (QED) is 0.787. The topological polar surface area (TPSA) is 47.6 Å². The van der Waals surface area contributed by atoms with Crippen molar-refractivity contribution >= 4 is 22.0 Å². The number of carbonyl (C=O) groups excluding carboxylic acids is 1. The Morgan fingerprint density at radius 2 is 1.83 bits per heavy atom. The van der Waals surface area contributed by atoms with Crippen molar-refractivity contribution in [3.8, 4) is 11.5 Å². The van der Waals surface area contributed by atoms with Gasteiger partial charge in [-0.05, 0) is 54.4 Å². The van der Waals surface area contributed by atoms with Crippen LogP contribution in [0.15, 0.2) is 46.9 Å². The molecule has 128 valence electrons. The summed E-state index contributed by atoms with van der Waals surface area (Å²) in [6.45, 7) is 5.65. The molecular weight excluding hydrogens is 377 g/mol. The van der Waals surface area contributed by atoms with E-state index >= 15 is 0 Å². The highest BCUT2D eigenvalue weighted by molar-refractivity contribution is 9.10. The van der Waals surface area contributed by atoms with Crippen LogP contribution in [0.2, 0.25) is 0 Å². The van der Waals surface area contributed by atoms with E-state index in [1.807, 2.05) is 30.3 Å². The third kappa shape index (κ3) is 5.23. The minimum Gasteiger partial charge on any atom is -0.485 e. The van der Waals surface area contributed by atoms with Crippen molar-refractivity contribution in [3.63, 3.8) is 0 Å². The van der Waals surface area contributed by atoms with E-state index in [1.165, 1.54) is 6.07 Å². The minimum absolute atomic E-state index is 0.156. The van der Waals surface area contributed by atoms with Crippen LogP contribution in [0.5, 0.6) is 11.5 Å². The van der Waals surface area contributed by atoms with Crippen LogP contribution in [0.25, 0.3) is 0 Å². The molecule has 2 aromatic rings. The zero-order valence-corrected chi connectivity index (χ0v) is 15.3. The first-order valence-corrected chi connectivity index (χ1v) is 8.20. The maximum absolute atomic E-state index is 14.3. The van der Waals surface area contributed by atoms with Gasteiger partial charge in [-0.3, -0.25) is 0 Å². The van der Waals surface area contributed by atoms with Gasteiger partial charge in [0.25, 0.3) is 0 Å². The smallest absolute Gasteiger partial charge is 0.413 e. The molecule has 0 aliphatic heterocycles. The Labute approximate surface area is 149 Å². The Hall–Kier alpha value is -2.08. The minimum atomic E-state index is -0.746. The van der Waals surface area contributed by atoms with E-state index in [-0.39, 0.29) is 22.6 Å². The van der Waals surface area contributed by atoms with Gasteiger partial charge in [0.05, 0.1) is 4.47 Å². The van der Waals surface area contributed by atoms with E-state index in [4.69, 9.17) is 9.47 Å². The lowest BCUT2D eigenvalue weighted by atomic mass is 10.1. The number of carbonyl (C=O) groups is 1. The summed E-state index contributed by atoms with van der Waals surface area (Å²) in [6, 6.07) is 12.5. The molecule has 1 N–H and O–H groups in total. The summed E-state index contributed by atoms with van der Waals surface area (Å²) in [5.74, 6) is -0.782. The lowest BCUT2D eigenvalue weighted by Crippen LogP contribution is -2.42. The predicted molar refractivity (Wildman–Crippen MR) is 93.8 cm³/mol. The van der Waals surface area contributed by atoms with Gasteiger partial charge in [0, 0.05) is 5.54 Å². The van der Waals surface area contributed by atoms with Crippen LogP contribution in [0, 0.1) is 5.82 Å². The van der Waals surface area contributed by atoms with Gasteiger partial charge in [0.1, 0.15) is 6.61 Å². The second-order valence-electron chi connectivity index (χ2n) is 6.23. The molecule has 0 heterocycles. The molecule has 0 spiro atoms. The first-order valence-electron chi connectivity index (χ1n) is 7.41. The molecule has 0 unspecified atom stereocenters. The average molecular weight is 396 g/mol. The molecule has 24 heavy (non-hydrogen) atoms. The van der Waals surface area contributed by atoms with Gasteiger partial charge in [0.15, 0.2) is 11.6 Å². The summed E-state index contributed by atoms with van der Waals surface area (Å²) in [6.07, 6.45) is -0.746. The highest BCUT2D eigenvalue weighted by Crippen LogP contribution is 2.35. The van der Waals surface area contributed by atoms with Crippen LogP contribution in [0.3, 0.4) is 0 Å². The van der Waals surface area contributed by atoms with E-state index in [0.29, 0.717) is 0 Å². The number of halogens is 2. The number of amides is 1. The van der Waals surface area contributed by atoms with Crippen molar-refractivity contribution < 1.29 is 18.7 Å². The Morgan fingerprint density at radius 3 is 2.46 bits per heavy atom. The normalized spacial score (nSPS) is 11.0. The average Bonchev–Trinajstić information content (AvgIpc) is 2.50. The maximum atomic E-state index is 14.3. The van der Waals surface area contributed by atoms with Crippen molar-refractivity contribution in [2.45, 2.75) is 32.9 Å². The molecular formula is C18H19BrFNO3. The Morgan fingerprint density at radius 1 is 1.17 bits per heavy atom. The van der Waals surface area contributed by atoms with Gasteiger partial charge in [0.2, 0.25) is 5.75 Å². The molecule has 0 aliphatic carbocycles. The summed E-state index contributed by atoms with van der Waals surface area (Å²) in [5.41, 5.74) is 0.427. The van der Waals surface area contributed by atoms with Gasteiger partial charge < -0.3 is 14.8 Å². The fraction of sp³-hybridized carbons (Fsp3) is 0.278. The van der Waals surface area contributed by atoms with Gasteiger partial charge in [-0.2, -0.15) is 0 Å². The molecule has 4 nitrogen and oxygen atoms in total. The van der Waals surface area contributed by atoms with Gasteiger partial charge in [-0.15, -0.1) is 0 Å². The van der Waals surface area contributed by atoms with Crippen molar-refractivity contribution in [2.75, 3.05) is 0 Å². The fourth-order valence-electron chi connectivity index (χ4n) is 1.88. The molecule has 0 bridgehead atoms. The molecule has 1 amide bonds. The summed E-state index contributed by atoms with van der Waals surface area (Å²) < 4.78 is 25.3. The van der Waals surface area contributed by atoms with Crippen molar-refractivity contribution in [3.05, 3.63) is 58.3 Å². The Bertz CT molecular complexity index is 714. The van der Waals surface area contributed by atoms with E-state index in [2.05, 4.69) is 21.2 Å². The number of ether oxygens (including phenoxy) is 2. The van der Waals surface area contributed by atoms with E-state index < -0.39 is 17.4 Å². The Kier molecular flexibility index (Phi) is 5.83. The standard InChI is InChI=1S/C18H19BrFNO3/c1-18(2,3)21-17(22)24-16-14(10-9-13(19)15(16)20)23-11-12-7-5-4-6-8-12/h4-10H,11H2,1-3H3,(H,21,22). The second kappa shape index (κ2) is 7.66. The third-order valence-electron chi connectivity index (χ3n) is 2.92. The van der Waals surface area contributed by atoms with Crippen LogP contribution in [-0.4, -0.2) is 11.6 Å². The second-order valence-corrected chi connectivity index (χ2v) is 7.08. The molecule has 2 aromatic carbocycles. The van der Waals surface area contributed by atoms with E-state index in [9.17, 15) is 9.18 Å². The monoisotopic (exact) mass is 395 g/mol. The SMILES string of the molecule is CC(C)(C)NC(=O)Oc1c(OCc2ccccc2)ccc(Br)c1F. The van der Waals surface area contributed by atoms with Gasteiger partial charge >= 0.3 is 6.09 Å². The van der Waals surface area contributed by atoms with Crippen molar-refractivity contribution in [1.82, 2.24) is 5.32 Å². The van der Waals surface area contributed by atoms with Crippen LogP contribution < -0.4 is 14.8 Å². The molecule has 0 saturated heterocycles. The van der Waals surface area contributed by atoms with Gasteiger partial charge in [-0.25, -0.2) is 9.18 Å². The fourth-order valence-corrected chi connectivity index (χ4v) is 2.20. The molecule has 2 rings (SSSR count). The van der Waals surface area contributed by atoms with E-state index in [1.54, 1.807) is 26.8 Å². The largest absolute Gasteiger partial charge is 0.485 e. The highest BCUT2D eigenvalue weighted by Gasteiger charge is 2.21. The molecule has 0 aromatic heterocycles. The van der Waals surface area contributed by atoms with Gasteiger partial charge in [-0.1, -0.05) is 30.3 Å². The maximum Gasteiger partial charge on any atom is 0.413 e. The zero-order chi connectivity index (χ0) is 17.7. The van der Waals surface area contributed by atoms with E-state index in [0.717, 1.165) is 5.56 Å². The number of nitrogens with one attached hydrogen (secondary N) is 1. The first-order chi connectivity index (χ1) is 11.3. The van der Waals surface area contributed by atoms with Crippen molar-refractivity contribution in [1.29, 1.82) is 0 Å². The lowest BCUT2D eigenvalue weighted by Gasteiger charge is -2.21. The summed E-state index contributed by atoms with van der Waals surface area (Å²) in [4.78, 5) is 11.9. The molecule has 0 saturated carbocycles. The molecule has 6 heteroatoms. The lowest BCUT2D eigenvalue weighted by molar-refractivity contribution is 0.184. The number of benzene rings is 2. The molecule has 0 fully saturated rings. The van der Waals surface area contributed by atoms with Crippen LogP contribution in [0.1, 0.15) is 26.3 Å². The third-order valence-corrected chi connectivity index (χ3v) is 3.54. The van der Waals surface area contributed by atoms with Crippen LogP contribution >= 0.6 is 15.9 Å². The summed E-state index contributed by atoms with van der Waals surface area (Å²) >= 11 is 3.09. The van der Waals surface area contributed by atoms with Crippen LogP contribution in [-0.2, 0) is 6.61 Å². The Balaban J connectivity index is 2.19. The molecule has 0 aliphatic rings. The summed E-state index contributed by atoms with van der Waals surface area (Å²) in [5, 5.41) is 2.62. The zero-order valence-electron chi connectivity index (χ0n) is 13.7. The highest BCUT2D eigenvalue weighted by atomic mass is 79.9. The predicted octanol–water partition coefficient (Wildman–Crippen LogP) is 5.05. The first kappa shape index (κ1) is 18.3.